The van der Waals surface area contributed by atoms with Gasteiger partial charge in [-0.05, 0) is 51.1 Å². The van der Waals surface area contributed by atoms with Gasteiger partial charge < -0.3 is 10.6 Å². The van der Waals surface area contributed by atoms with E-state index in [1.165, 1.54) is 16.0 Å². The lowest BCUT2D eigenvalue weighted by atomic mass is 10.1. The number of hydrogen-bond donors (Lipinski definition) is 2. The van der Waals surface area contributed by atoms with E-state index in [4.69, 9.17) is 0 Å². The molecule has 0 fully saturated rings. The lowest BCUT2D eigenvalue weighted by Crippen LogP contribution is -2.31. The molecule has 1 aliphatic heterocycles. The third-order valence-electron chi connectivity index (χ3n) is 2.89. The molecule has 4 heteroatoms. The highest BCUT2D eigenvalue weighted by Crippen LogP contribution is 2.39. The number of aryl methyl sites for hydroxylation is 2. The first-order chi connectivity index (χ1) is 8.11. The molecule has 2 N–H and O–H groups in total. The summed E-state index contributed by atoms with van der Waals surface area (Å²) >= 11 is 1.69. The van der Waals surface area contributed by atoms with Gasteiger partial charge in [0.25, 0.3) is 0 Å². The van der Waals surface area contributed by atoms with E-state index in [-0.39, 0.29) is 11.2 Å². The van der Waals surface area contributed by atoms with Gasteiger partial charge in [-0.2, -0.15) is 0 Å². The van der Waals surface area contributed by atoms with Crippen molar-refractivity contribution in [2.45, 2.75) is 30.4 Å². The highest BCUT2D eigenvalue weighted by atomic mass is 32.2. The van der Waals surface area contributed by atoms with Crippen LogP contribution in [0.3, 0.4) is 0 Å². The van der Waals surface area contributed by atoms with Gasteiger partial charge >= 0.3 is 0 Å². The van der Waals surface area contributed by atoms with Gasteiger partial charge in [-0.25, -0.2) is 0 Å². The van der Waals surface area contributed by atoms with E-state index in [0.717, 1.165) is 18.7 Å². The number of amides is 1. The van der Waals surface area contributed by atoms with Gasteiger partial charge in [-0.1, -0.05) is 6.07 Å². The summed E-state index contributed by atoms with van der Waals surface area (Å²) in [5.41, 5.74) is 3.41. The van der Waals surface area contributed by atoms with Crippen molar-refractivity contribution >= 4 is 23.4 Å². The first kappa shape index (κ1) is 12.5. The van der Waals surface area contributed by atoms with E-state index in [0.29, 0.717) is 0 Å². The Morgan fingerprint density at radius 3 is 2.88 bits per heavy atom. The molecule has 1 atom stereocenters. The van der Waals surface area contributed by atoms with Crippen LogP contribution >= 0.6 is 11.8 Å². The number of carbonyl (C=O) groups excluding carboxylic acids is 1. The van der Waals surface area contributed by atoms with Crippen molar-refractivity contribution in [2.24, 2.45) is 0 Å². The van der Waals surface area contributed by atoms with E-state index in [9.17, 15) is 4.79 Å². The van der Waals surface area contributed by atoms with Crippen LogP contribution in [0.5, 0.6) is 0 Å². The number of thioether (sulfide) groups is 1. The van der Waals surface area contributed by atoms with Gasteiger partial charge in [-0.15, -0.1) is 11.8 Å². The SMILES string of the molecule is CNCCC1Sc2c(C)cc(C)cc2NC1=O. The van der Waals surface area contributed by atoms with E-state index < -0.39 is 0 Å². The van der Waals surface area contributed by atoms with Crippen molar-refractivity contribution in [3.8, 4) is 0 Å². The Labute approximate surface area is 106 Å². The Morgan fingerprint density at radius 2 is 2.18 bits per heavy atom. The Hall–Kier alpha value is -1.00. The van der Waals surface area contributed by atoms with Crippen LogP contribution < -0.4 is 10.6 Å². The zero-order valence-corrected chi connectivity index (χ0v) is 11.3. The predicted octanol–water partition coefficient (Wildman–Crippen LogP) is 2.33. The summed E-state index contributed by atoms with van der Waals surface area (Å²) in [6, 6.07) is 4.21. The van der Waals surface area contributed by atoms with Crippen molar-refractivity contribution in [3.05, 3.63) is 23.3 Å². The fourth-order valence-corrected chi connectivity index (χ4v) is 3.25. The zero-order chi connectivity index (χ0) is 12.4. The first-order valence-corrected chi connectivity index (χ1v) is 6.73. The van der Waals surface area contributed by atoms with Crippen molar-refractivity contribution in [3.63, 3.8) is 0 Å². The second-order valence-corrected chi connectivity index (χ2v) is 5.66. The topological polar surface area (TPSA) is 41.1 Å². The molecule has 2 rings (SSSR count). The third-order valence-corrected chi connectivity index (χ3v) is 4.40. The quantitative estimate of drug-likeness (QED) is 0.865. The molecule has 1 aromatic rings. The minimum atomic E-state index is 0.0244. The molecule has 0 aliphatic carbocycles. The highest BCUT2D eigenvalue weighted by molar-refractivity contribution is 8.01. The van der Waals surface area contributed by atoms with Crippen LogP contribution in [0.25, 0.3) is 0 Å². The van der Waals surface area contributed by atoms with Crippen LogP contribution in [0.15, 0.2) is 17.0 Å². The van der Waals surface area contributed by atoms with Crippen LogP contribution in [0, 0.1) is 13.8 Å². The minimum Gasteiger partial charge on any atom is -0.324 e. The van der Waals surface area contributed by atoms with Crippen LogP contribution in [0.1, 0.15) is 17.5 Å². The summed E-state index contributed by atoms with van der Waals surface area (Å²) in [6.45, 7) is 5.02. The number of hydrogen-bond acceptors (Lipinski definition) is 3. The molecule has 0 saturated carbocycles. The second-order valence-electron chi connectivity index (χ2n) is 4.45. The molecule has 1 amide bonds. The van der Waals surface area contributed by atoms with Crippen LogP contribution in [0.4, 0.5) is 5.69 Å². The predicted molar refractivity (Wildman–Crippen MR) is 72.7 cm³/mol. The van der Waals surface area contributed by atoms with Gasteiger partial charge in [0.05, 0.1) is 10.9 Å². The smallest absolute Gasteiger partial charge is 0.237 e. The van der Waals surface area contributed by atoms with E-state index in [1.807, 2.05) is 13.1 Å². The van der Waals surface area contributed by atoms with Crippen molar-refractivity contribution < 1.29 is 4.79 Å². The first-order valence-electron chi connectivity index (χ1n) is 5.85. The third kappa shape index (κ3) is 2.64. The number of rotatable bonds is 3. The van der Waals surface area contributed by atoms with Crippen molar-refractivity contribution in [1.29, 1.82) is 0 Å². The number of carbonyl (C=O) groups is 1. The highest BCUT2D eigenvalue weighted by Gasteiger charge is 2.27. The molecule has 1 unspecified atom stereocenters. The summed E-state index contributed by atoms with van der Waals surface area (Å²) in [5.74, 6) is 0.128. The van der Waals surface area contributed by atoms with Gasteiger partial charge in [0.1, 0.15) is 0 Å². The Bertz CT molecular complexity index is 445. The Kier molecular flexibility index (Phi) is 3.74. The average molecular weight is 250 g/mol. The summed E-state index contributed by atoms with van der Waals surface area (Å²) < 4.78 is 0. The van der Waals surface area contributed by atoms with Gasteiger partial charge in [0.15, 0.2) is 0 Å². The standard InChI is InChI=1S/C13H18N2OS/c1-8-6-9(2)12-10(7-8)15-13(16)11(17-12)4-5-14-3/h6-7,11,14H,4-5H2,1-3H3,(H,15,16). The maximum absolute atomic E-state index is 11.9. The zero-order valence-electron chi connectivity index (χ0n) is 10.5. The van der Waals surface area contributed by atoms with E-state index in [2.05, 4.69) is 30.5 Å². The molecule has 0 spiro atoms. The summed E-state index contributed by atoms with van der Waals surface area (Å²) in [6.07, 6.45) is 0.861. The molecule has 0 bridgehead atoms. The average Bonchev–Trinajstić information content (AvgIpc) is 2.26. The molecule has 0 saturated heterocycles. The molecule has 92 valence electrons. The number of nitrogens with one attached hydrogen (secondary N) is 2. The van der Waals surface area contributed by atoms with E-state index in [1.54, 1.807) is 11.8 Å². The fourth-order valence-electron chi connectivity index (χ4n) is 2.08. The minimum absolute atomic E-state index is 0.0244. The molecule has 1 aliphatic rings. The lowest BCUT2D eigenvalue weighted by Gasteiger charge is -2.25. The maximum Gasteiger partial charge on any atom is 0.237 e. The van der Waals surface area contributed by atoms with E-state index >= 15 is 0 Å². The van der Waals surface area contributed by atoms with Gasteiger partial charge in [-0.3, -0.25) is 4.79 Å². The molecule has 1 aromatic carbocycles. The maximum atomic E-state index is 11.9. The molecule has 17 heavy (non-hydrogen) atoms. The molecular weight excluding hydrogens is 232 g/mol. The lowest BCUT2D eigenvalue weighted by molar-refractivity contribution is -0.115. The van der Waals surface area contributed by atoms with Gasteiger partial charge in [0, 0.05) is 4.90 Å². The second kappa shape index (κ2) is 5.10. The van der Waals surface area contributed by atoms with Gasteiger partial charge in [0.2, 0.25) is 5.91 Å². The van der Waals surface area contributed by atoms with Crippen LogP contribution in [0.2, 0.25) is 0 Å². The Balaban J connectivity index is 2.25. The summed E-state index contributed by atoms with van der Waals surface area (Å²) in [5, 5.41) is 6.13. The monoisotopic (exact) mass is 250 g/mol. The van der Waals surface area contributed by atoms with Crippen LogP contribution in [-0.4, -0.2) is 24.7 Å². The van der Waals surface area contributed by atoms with Crippen molar-refractivity contribution in [1.82, 2.24) is 5.32 Å². The molecule has 0 aromatic heterocycles. The Morgan fingerprint density at radius 1 is 1.41 bits per heavy atom. The van der Waals surface area contributed by atoms with Crippen molar-refractivity contribution in [2.75, 3.05) is 18.9 Å². The summed E-state index contributed by atoms with van der Waals surface area (Å²) in [7, 11) is 1.91. The molecule has 0 radical (unpaired) electrons. The molecule has 1 heterocycles. The number of benzene rings is 1. The molecule has 3 nitrogen and oxygen atoms in total. The summed E-state index contributed by atoms with van der Waals surface area (Å²) in [4.78, 5) is 13.1. The normalized spacial score (nSPS) is 18.8. The number of fused-ring (bicyclic) bond motifs is 1. The number of anilines is 1. The van der Waals surface area contributed by atoms with Crippen LogP contribution in [-0.2, 0) is 4.79 Å². The largest absolute Gasteiger partial charge is 0.324 e. The molecular formula is C13H18N2OS. The fraction of sp³-hybridized carbons (Fsp3) is 0.462.